The van der Waals surface area contributed by atoms with Crippen LogP contribution in [0.25, 0.3) is 0 Å². The van der Waals surface area contributed by atoms with Crippen LogP contribution in [0.2, 0.25) is 0 Å². The summed E-state index contributed by atoms with van der Waals surface area (Å²) in [6.07, 6.45) is 0. The fraction of sp³-hybridized carbons (Fsp3) is 0.250. The van der Waals surface area contributed by atoms with Crippen LogP contribution in [0.5, 0.6) is 0 Å². The van der Waals surface area contributed by atoms with Gasteiger partial charge in [-0.3, -0.25) is 4.79 Å². The van der Waals surface area contributed by atoms with Gasteiger partial charge in [0, 0.05) is 0 Å². The third-order valence-corrected chi connectivity index (χ3v) is 3.18. The lowest BCUT2D eigenvalue weighted by Gasteiger charge is -2.04. The fourth-order valence-electron chi connectivity index (χ4n) is 1.53. The van der Waals surface area contributed by atoms with Gasteiger partial charge in [-0.15, -0.1) is 5.10 Å². The highest BCUT2D eigenvalue weighted by Crippen LogP contribution is 2.24. The molecule has 1 heterocycles. The Kier molecular flexibility index (Phi) is 3.47. The summed E-state index contributed by atoms with van der Waals surface area (Å²) in [6.45, 7) is 3.71. The molecule has 0 aliphatic heterocycles. The van der Waals surface area contributed by atoms with Gasteiger partial charge in [0.05, 0.1) is 11.3 Å². The number of benzene rings is 1. The van der Waals surface area contributed by atoms with Gasteiger partial charge in [-0.25, -0.2) is 8.78 Å². The van der Waals surface area contributed by atoms with Gasteiger partial charge in [0.25, 0.3) is 0 Å². The molecule has 0 saturated carbocycles. The molecule has 0 bridgehead atoms. The zero-order valence-corrected chi connectivity index (χ0v) is 10.6. The Labute approximate surface area is 107 Å². The maximum atomic E-state index is 13.5. The minimum atomic E-state index is -0.746. The fourth-order valence-corrected chi connectivity index (χ4v) is 2.30. The van der Waals surface area contributed by atoms with Crippen LogP contribution in [0.15, 0.2) is 18.2 Å². The van der Waals surface area contributed by atoms with Crippen LogP contribution in [-0.2, 0) is 0 Å². The molecule has 1 aromatic heterocycles. The van der Waals surface area contributed by atoms with Crippen LogP contribution in [0, 0.1) is 11.6 Å². The SMILES string of the molecule is CC(C)c1nnsc1C(=O)c1cc(F)ccc1F. The van der Waals surface area contributed by atoms with E-state index in [9.17, 15) is 13.6 Å². The highest BCUT2D eigenvalue weighted by atomic mass is 32.1. The molecule has 0 radical (unpaired) electrons. The number of carbonyl (C=O) groups is 1. The molecule has 2 rings (SSSR count). The molecular weight excluding hydrogens is 258 g/mol. The van der Waals surface area contributed by atoms with Crippen LogP contribution in [-0.4, -0.2) is 15.4 Å². The van der Waals surface area contributed by atoms with Gasteiger partial charge in [0.1, 0.15) is 16.5 Å². The first-order chi connectivity index (χ1) is 8.50. The van der Waals surface area contributed by atoms with E-state index in [1.807, 2.05) is 13.8 Å². The highest BCUT2D eigenvalue weighted by Gasteiger charge is 2.22. The number of aromatic nitrogens is 2. The molecule has 0 amide bonds. The van der Waals surface area contributed by atoms with Gasteiger partial charge in [0.2, 0.25) is 5.78 Å². The Morgan fingerprint density at radius 2 is 2.06 bits per heavy atom. The minimum absolute atomic E-state index is 0.000629. The van der Waals surface area contributed by atoms with Gasteiger partial charge in [-0.05, 0) is 35.6 Å². The molecular formula is C12H10F2N2OS. The molecule has 0 spiro atoms. The first kappa shape index (κ1) is 12.8. The smallest absolute Gasteiger partial charge is 0.209 e. The molecule has 3 nitrogen and oxygen atoms in total. The standard InChI is InChI=1S/C12H10F2N2OS/c1-6(2)10-12(18-16-15-10)11(17)8-5-7(13)3-4-9(8)14/h3-6H,1-2H3. The first-order valence-corrected chi connectivity index (χ1v) is 6.10. The molecule has 18 heavy (non-hydrogen) atoms. The molecule has 0 atom stereocenters. The van der Waals surface area contributed by atoms with E-state index in [0.717, 1.165) is 29.7 Å². The van der Waals surface area contributed by atoms with E-state index in [2.05, 4.69) is 9.59 Å². The van der Waals surface area contributed by atoms with Gasteiger partial charge < -0.3 is 0 Å². The Balaban J connectivity index is 2.48. The molecule has 1 aromatic carbocycles. The zero-order valence-electron chi connectivity index (χ0n) is 9.78. The summed E-state index contributed by atoms with van der Waals surface area (Å²) < 4.78 is 30.3. The third kappa shape index (κ3) is 2.28. The van der Waals surface area contributed by atoms with Crippen LogP contribution in [0.3, 0.4) is 0 Å². The van der Waals surface area contributed by atoms with Gasteiger partial charge in [0.15, 0.2) is 0 Å². The van der Waals surface area contributed by atoms with Crippen molar-refractivity contribution >= 4 is 17.3 Å². The van der Waals surface area contributed by atoms with Gasteiger partial charge in [-0.2, -0.15) is 0 Å². The van der Waals surface area contributed by atoms with Gasteiger partial charge >= 0.3 is 0 Å². The maximum Gasteiger partial charge on any atom is 0.209 e. The van der Waals surface area contributed by atoms with Crippen molar-refractivity contribution in [1.29, 1.82) is 0 Å². The summed E-state index contributed by atoms with van der Waals surface area (Å²) in [5.74, 6) is -1.97. The summed E-state index contributed by atoms with van der Waals surface area (Å²) >= 11 is 0.896. The third-order valence-electron chi connectivity index (χ3n) is 2.44. The monoisotopic (exact) mass is 268 g/mol. The van der Waals surface area contributed by atoms with E-state index in [1.165, 1.54) is 0 Å². The highest BCUT2D eigenvalue weighted by molar-refractivity contribution is 7.08. The molecule has 2 aromatic rings. The van der Waals surface area contributed by atoms with Crippen LogP contribution >= 0.6 is 11.5 Å². The number of carbonyl (C=O) groups excluding carboxylic acids is 1. The van der Waals surface area contributed by atoms with E-state index in [4.69, 9.17) is 0 Å². The summed E-state index contributed by atoms with van der Waals surface area (Å²) in [7, 11) is 0. The van der Waals surface area contributed by atoms with Crippen molar-refractivity contribution in [3.8, 4) is 0 Å². The van der Waals surface area contributed by atoms with Crippen molar-refractivity contribution in [3.05, 3.63) is 46.0 Å². The van der Waals surface area contributed by atoms with Crippen molar-refractivity contribution in [2.75, 3.05) is 0 Å². The minimum Gasteiger partial charge on any atom is -0.287 e. The predicted molar refractivity (Wildman–Crippen MR) is 63.8 cm³/mol. The second kappa shape index (κ2) is 4.89. The van der Waals surface area contributed by atoms with E-state index in [1.54, 1.807) is 0 Å². The lowest BCUT2D eigenvalue weighted by atomic mass is 10.0. The number of hydrogen-bond donors (Lipinski definition) is 0. The van der Waals surface area contributed by atoms with Crippen LogP contribution in [0.1, 0.15) is 40.7 Å². The predicted octanol–water partition coefficient (Wildman–Crippen LogP) is 3.17. The summed E-state index contributed by atoms with van der Waals surface area (Å²) in [4.78, 5) is 12.4. The first-order valence-electron chi connectivity index (χ1n) is 5.32. The Hall–Kier alpha value is -1.69. The molecule has 0 aliphatic carbocycles. The molecule has 0 aliphatic rings. The van der Waals surface area contributed by atoms with Crippen molar-refractivity contribution in [2.45, 2.75) is 19.8 Å². The summed E-state index contributed by atoms with van der Waals surface area (Å²) in [5, 5.41) is 3.85. The number of nitrogens with zero attached hydrogens (tertiary/aromatic N) is 2. The number of ketones is 1. The average Bonchev–Trinajstić information content (AvgIpc) is 2.80. The van der Waals surface area contributed by atoms with Crippen LogP contribution < -0.4 is 0 Å². The normalized spacial score (nSPS) is 10.9. The zero-order chi connectivity index (χ0) is 13.3. The second-order valence-corrected chi connectivity index (χ2v) is 4.85. The van der Waals surface area contributed by atoms with Crippen molar-refractivity contribution < 1.29 is 13.6 Å². The molecule has 0 N–H and O–H groups in total. The van der Waals surface area contributed by atoms with E-state index in [-0.39, 0.29) is 16.4 Å². The largest absolute Gasteiger partial charge is 0.287 e. The Bertz CT molecular complexity index is 596. The number of hydrogen-bond acceptors (Lipinski definition) is 4. The van der Waals surface area contributed by atoms with E-state index < -0.39 is 17.4 Å². The second-order valence-electron chi connectivity index (χ2n) is 4.10. The summed E-state index contributed by atoms with van der Waals surface area (Å²) in [5.41, 5.74) is 0.219. The Morgan fingerprint density at radius 1 is 1.33 bits per heavy atom. The quantitative estimate of drug-likeness (QED) is 0.803. The van der Waals surface area contributed by atoms with Crippen LogP contribution in [0.4, 0.5) is 8.78 Å². The lowest BCUT2D eigenvalue weighted by Crippen LogP contribution is -2.07. The van der Waals surface area contributed by atoms with E-state index >= 15 is 0 Å². The molecule has 94 valence electrons. The molecule has 0 unspecified atom stereocenters. The number of halogens is 2. The lowest BCUT2D eigenvalue weighted by molar-refractivity contribution is 0.103. The Morgan fingerprint density at radius 3 is 2.72 bits per heavy atom. The van der Waals surface area contributed by atoms with Crippen molar-refractivity contribution in [1.82, 2.24) is 9.59 Å². The van der Waals surface area contributed by atoms with Crippen molar-refractivity contribution in [3.63, 3.8) is 0 Å². The molecule has 6 heteroatoms. The maximum absolute atomic E-state index is 13.5. The molecule has 0 fully saturated rings. The summed E-state index contributed by atoms with van der Waals surface area (Å²) in [6, 6.07) is 2.80. The topological polar surface area (TPSA) is 42.9 Å². The van der Waals surface area contributed by atoms with Gasteiger partial charge in [-0.1, -0.05) is 18.3 Å². The molecule has 0 saturated heterocycles. The van der Waals surface area contributed by atoms with Crippen molar-refractivity contribution in [2.24, 2.45) is 0 Å². The van der Waals surface area contributed by atoms with E-state index in [0.29, 0.717) is 5.69 Å². The number of rotatable bonds is 3. The average molecular weight is 268 g/mol.